The molecule has 0 spiro atoms. The van der Waals surface area contributed by atoms with E-state index in [1.807, 2.05) is 29.3 Å². The molecule has 2 aliphatic rings. The van der Waals surface area contributed by atoms with Gasteiger partial charge in [-0.1, -0.05) is 19.4 Å². The molecule has 5 nitrogen and oxygen atoms in total. The highest BCUT2D eigenvalue weighted by atomic mass is 16.3. The summed E-state index contributed by atoms with van der Waals surface area (Å²) in [5.74, 6) is 1.53. The van der Waals surface area contributed by atoms with Crippen molar-refractivity contribution in [2.45, 2.75) is 44.9 Å². The Bertz CT molecular complexity index is 765. The van der Waals surface area contributed by atoms with Gasteiger partial charge in [-0.05, 0) is 37.8 Å². The molecule has 2 aromatic heterocycles. The molecule has 1 N–H and O–H groups in total. The molecule has 1 unspecified atom stereocenters. The molecule has 24 heavy (non-hydrogen) atoms. The molecule has 2 fully saturated rings. The first-order valence-electron chi connectivity index (χ1n) is 9.04. The zero-order valence-electron chi connectivity index (χ0n) is 14.2. The van der Waals surface area contributed by atoms with Crippen LogP contribution in [0.5, 0.6) is 0 Å². The summed E-state index contributed by atoms with van der Waals surface area (Å²) in [6, 6.07) is 5.93. The molecule has 1 amide bonds. The summed E-state index contributed by atoms with van der Waals surface area (Å²) in [4.78, 5) is 19.7. The van der Waals surface area contributed by atoms with Gasteiger partial charge in [0, 0.05) is 30.6 Å². The van der Waals surface area contributed by atoms with Gasteiger partial charge in [0.25, 0.3) is 5.91 Å². The van der Waals surface area contributed by atoms with Crippen LogP contribution in [0.25, 0.3) is 5.52 Å². The Morgan fingerprint density at radius 2 is 2.25 bits per heavy atom. The van der Waals surface area contributed by atoms with Gasteiger partial charge in [-0.15, -0.1) is 0 Å². The average molecular weight is 327 g/mol. The summed E-state index contributed by atoms with van der Waals surface area (Å²) in [5, 5.41) is 9.82. The number of imidazole rings is 1. The number of fused-ring (bicyclic) bond motifs is 1. The molecule has 1 saturated carbocycles. The van der Waals surface area contributed by atoms with Gasteiger partial charge in [-0.3, -0.25) is 4.79 Å². The standard InChI is InChI=1S/C19H25N3O2/c1-2-8-19(13-23)9-11-21(12-19)18(24)16-15-5-3-4-10-22(15)17(20-16)14-6-7-14/h3-5,10,14,23H,2,6-9,11-13H2,1H3. The fourth-order valence-electron chi connectivity index (χ4n) is 4.05. The molecule has 4 rings (SSSR count). The van der Waals surface area contributed by atoms with E-state index in [2.05, 4.69) is 11.3 Å². The molecule has 1 aliphatic heterocycles. The summed E-state index contributed by atoms with van der Waals surface area (Å²) in [7, 11) is 0. The summed E-state index contributed by atoms with van der Waals surface area (Å²) in [6.45, 7) is 3.64. The van der Waals surface area contributed by atoms with Crippen molar-refractivity contribution in [2.75, 3.05) is 19.7 Å². The lowest BCUT2D eigenvalue weighted by Crippen LogP contribution is -2.34. The summed E-state index contributed by atoms with van der Waals surface area (Å²) >= 11 is 0. The van der Waals surface area contributed by atoms with E-state index in [-0.39, 0.29) is 17.9 Å². The van der Waals surface area contributed by atoms with Gasteiger partial charge in [-0.25, -0.2) is 4.98 Å². The minimum absolute atomic E-state index is 0.0111. The van der Waals surface area contributed by atoms with Gasteiger partial charge in [-0.2, -0.15) is 0 Å². The SMILES string of the molecule is CCCC1(CO)CCN(C(=O)c2nc(C3CC3)n3ccccc23)C1. The van der Waals surface area contributed by atoms with E-state index < -0.39 is 0 Å². The molecule has 2 aromatic rings. The molecule has 0 radical (unpaired) electrons. The lowest BCUT2D eigenvalue weighted by molar-refractivity contribution is 0.0726. The van der Waals surface area contributed by atoms with Crippen LogP contribution in [0.3, 0.4) is 0 Å². The van der Waals surface area contributed by atoms with Crippen LogP contribution in [-0.4, -0.2) is 45.0 Å². The Labute approximate surface area is 142 Å². The van der Waals surface area contributed by atoms with E-state index in [9.17, 15) is 9.90 Å². The van der Waals surface area contributed by atoms with Gasteiger partial charge in [0.05, 0.1) is 12.1 Å². The van der Waals surface area contributed by atoms with Crippen molar-refractivity contribution in [2.24, 2.45) is 5.41 Å². The van der Waals surface area contributed by atoms with Crippen LogP contribution >= 0.6 is 0 Å². The van der Waals surface area contributed by atoms with E-state index in [0.717, 1.165) is 43.4 Å². The fraction of sp³-hybridized carbons (Fsp3) is 0.579. The number of aliphatic hydroxyl groups is 1. The number of nitrogens with zero attached hydrogens (tertiary/aromatic N) is 3. The highest BCUT2D eigenvalue weighted by Crippen LogP contribution is 2.40. The van der Waals surface area contributed by atoms with Crippen LogP contribution < -0.4 is 0 Å². The number of pyridine rings is 1. The maximum atomic E-state index is 13.1. The highest BCUT2D eigenvalue weighted by molar-refractivity contribution is 5.99. The van der Waals surface area contributed by atoms with Gasteiger partial charge >= 0.3 is 0 Å². The van der Waals surface area contributed by atoms with Crippen LogP contribution in [-0.2, 0) is 0 Å². The lowest BCUT2D eigenvalue weighted by Gasteiger charge is -2.26. The van der Waals surface area contributed by atoms with E-state index in [1.54, 1.807) is 0 Å². The minimum atomic E-state index is -0.126. The first-order valence-corrected chi connectivity index (χ1v) is 9.04. The van der Waals surface area contributed by atoms with Crippen molar-refractivity contribution in [1.82, 2.24) is 14.3 Å². The van der Waals surface area contributed by atoms with Crippen LogP contribution in [0.4, 0.5) is 0 Å². The van der Waals surface area contributed by atoms with E-state index >= 15 is 0 Å². The molecular formula is C19H25N3O2. The third-order valence-corrected chi connectivity index (χ3v) is 5.56. The second-order valence-electron chi connectivity index (χ2n) is 7.43. The third-order valence-electron chi connectivity index (χ3n) is 5.56. The number of likely N-dealkylation sites (tertiary alicyclic amines) is 1. The Morgan fingerprint density at radius 1 is 1.42 bits per heavy atom. The zero-order chi connectivity index (χ0) is 16.7. The van der Waals surface area contributed by atoms with Gasteiger partial charge in [0.15, 0.2) is 5.69 Å². The third kappa shape index (κ3) is 2.51. The van der Waals surface area contributed by atoms with Crippen LogP contribution in [0, 0.1) is 5.41 Å². The number of rotatable bonds is 5. The molecule has 0 aromatic carbocycles. The number of aromatic nitrogens is 2. The van der Waals surface area contributed by atoms with Gasteiger partial charge < -0.3 is 14.4 Å². The quantitative estimate of drug-likeness (QED) is 0.919. The van der Waals surface area contributed by atoms with Crippen molar-refractivity contribution < 1.29 is 9.90 Å². The van der Waals surface area contributed by atoms with Crippen molar-refractivity contribution >= 4 is 11.4 Å². The normalized spacial score (nSPS) is 24.0. The second kappa shape index (κ2) is 5.88. The van der Waals surface area contributed by atoms with Crippen LogP contribution in [0.1, 0.15) is 61.3 Å². The number of hydrogen-bond acceptors (Lipinski definition) is 3. The fourth-order valence-corrected chi connectivity index (χ4v) is 4.05. The molecule has 5 heteroatoms. The van der Waals surface area contributed by atoms with Crippen LogP contribution in [0.2, 0.25) is 0 Å². The van der Waals surface area contributed by atoms with Crippen molar-refractivity contribution in [3.05, 3.63) is 35.9 Å². The van der Waals surface area contributed by atoms with E-state index in [4.69, 9.17) is 4.98 Å². The summed E-state index contributed by atoms with van der Waals surface area (Å²) in [6.07, 6.45) is 7.20. The number of amides is 1. The van der Waals surface area contributed by atoms with Gasteiger partial charge in [0.1, 0.15) is 5.82 Å². The van der Waals surface area contributed by atoms with Crippen LogP contribution in [0.15, 0.2) is 24.4 Å². The molecule has 128 valence electrons. The molecule has 1 saturated heterocycles. The molecule has 0 bridgehead atoms. The highest BCUT2D eigenvalue weighted by Gasteiger charge is 2.40. The monoisotopic (exact) mass is 327 g/mol. The van der Waals surface area contributed by atoms with E-state index in [0.29, 0.717) is 24.7 Å². The smallest absolute Gasteiger partial charge is 0.274 e. The summed E-state index contributed by atoms with van der Waals surface area (Å²) < 4.78 is 2.08. The maximum absolute atomic E-state index is 13.1. The van der Waals surface area contributed by atoms with Crippen molar-refractivity contribution in [1.29, 1.82) is 0 Å². The topological polar surface area (TPSA) is 57.8 Å². The minimum Gasteiger partial charge on any atom is -0.396 e. The van der Waals surface area contributed by atoms with E-state index in [1.165, 1.54) is 0 Å². The average Bonchev–Trinajstić information content (AvgIpc) is 3.25. The largest absolute Gasteiger partial charge is 0.396 e. The van der Waals surface area contributed by atoms with Gasteiger partial charge in [0.2, 0.25) is 0 Å². The molecule has 1 atom stereocenters. The number of carbonyl (C=O) groups excluding carboxylic acids is 1. The molecule has 3 heterocycles. The Kier molecular flexibility index (Phi) is 3.83. The maximum Gasteiger partial charge on any atom is 0.274 e. The second-order valence-corrected chi connectivity index (χ2v) is 7.43. The number of carbonyl (C=O) groups is 1. The zero-order valence-corrected chi connectivity index (χ0v) is 14.2. The van der Waals surface area contributed by atoms with Crippen molar-refractivity contribution in [3.63, 3.8) is 0 Å². The first kappa shape index (κ1) is 15.6. The molecule has 1 aliphatic carbocycles. The Morgan fingerprint density at radius 3 is 2.96 bits per heavy atom. The first-order chi connectivity index (χ1) is 11.7. The lowest BCUT2D eigenvalue weighted by atomic mass is 9.83. The molecular weight excluding hydrogens is 302 g/mol. The predicted octanol–water partition coefficient (Wildman–Crippen LogP) is 2.84. The number of hydrogen-bond donors (Lipinski definition) is 1. The van der Waals surface area contributed by atoms with Crippen molar-refractivity contribution in [3.8, 4) is 0 Å². The summed E-state index contributed by atoms with van der Waals surface area (Å²) in [5.41, 5.74) is 1.35. The predicted molar refractivity (Wildman–Crippen MR) is 92.1 cm³/mol. The Balaban J connectivity index is 1.65. The number of aliphatic hydroxyl groups excluding tert-OH is 1. The Hall–Kier alpha value is -1.88.